The third-order valence-electron chi connectivity index (χ3n) is 3.59. The quantitative estimate of drug-likeness (QED) is 0.859. The number of aliphatic carboxylic acids is 1. The van der Waals surface area contributed by atoms with Crippen LogP contribution in [0.1, 0.15) is 21.5 Å². The van der Waals surface area contributed by atoms with Crippen molar-refractivity contribution >= 4 is 11.9 Å². The zero-order valence-electron chi connectivity index (χ0n) is 13.1. The molecule has 0 spiro atoms. The normalized spacial score (nSPS) is 11.6. The minimum absolute atomic E-state index is 0.205. The Kier molecular flexibility index (Phi) is 5.36. The second kappa shape index (κ2) is 7.45. The zero-order valence-corrected chi connectivity index (χ0v) is 13.1. The van der Waals surface area contributed by atoms with Crippen LogP contribution in [0.3, 0.4) is 0 Å². The Labute approximate surface area is 134 Å². The molecule has 2 aromatic carbocycles. The highest BCUT2D eigenvalue weighted by atomic mass is 16.5. The lowest BCUT2D eigenvalue weighted by Crippen LogP contribution is -2.42. The molecule has 0 aromatic heterocycles. The highest BCUT2D eigenvalue weighted by Crippen LogP contribution is 2.13. The number of carbonyl (C=O) groups excluding carboxylic acids is 1. The van der Waals surface area contributed by atoms with Crippen molar-refractivity contribution in [3.8, 4) is 5.75 Å². The Hall–Kier alpha value is -2.82. The fourth-order valence-corrected chi connectivity index (χ4v) is 2.26. The number of nitrogens with one attached hydrogen (secondary N) is 1. The molecule has 1 atom stereocenters. The van der Waals surface area contributed by atoms with Gasteiger partial charge in [0.05, 0.1) is 7.11 Å². The second-order valence-electron chi connectivity index (χ2n) is 5.23. The first-order valence-electron chi connectivity index (χ1n) is 7.23. The van der Waals surface area contributed by atoms with E-state index < -0.39 is 12.0 Å². The maximum Gasteiger partial charge on any atom is 0.326 e. The number of hydrogen-bond donors (Lipinski definition) is 2. The number of rotatable bonds is 6. The van der Waals surface area contributed by atoms with Gasteiger partial charge in [0.15, 0.2) is 0 Å². The predicted molar refractivity (Wildman–Crippen MR) is 86.8 cm³/mol. The Morgan fingerprint density at radius 1 is 1.13 bits per heavy atom. The first-order valence-corrected chi connectivity index (χ1v) is 7.23. The SMILES string of the molecule is COc1ccc(CC(NC(=O)c2ccccc2C)C(=O)O)cc1. The van der Waals surface area contributed by atoms with E-state index >= 15 is 0 Å². The highest BCUT2D eigenvalue weighted by molar-refractivity contribution is 5.97. The van der Waals surface area contributed by atoms with Crippen LogP contribution in [0, 0.1) is 6.92 Å². The van der Waals surface area contributed by atoms with Crippen LogP contribution in [0.5, 0.6) is 5.75 Å². The summed E-state index contributed by atoms with van der Waals surface area (Å²) < 4.78 is 5.07. The summed E-state index contributed by atoms with van der Waals surface area (Å²) in [5.41, 5.74) is 2.09. The van der Waals surface area contributed by atoms with Gasteiger partial charge < -0.3 is 15.2 Å². The summed E-state index contributed by atoms with van der Waals surface area (Å²) in [6, 6.07) is 13.2. The van der Waals surface area contributed by atoms with Crippen LogP contribution in [0.2, 0.25) is 0 Å². The minimum Gasteiger partial charge on any atom is -0.497 e. The molecule has 23 heavy (non-hydrogen) atoms. The standard InChI is InChI=1S/C18H19NO4/c1-12-5-3-4-6-15(12)17(20)19-16(18(21)22)11-13-7-9-14(23-2)10-8-13/h3-10,16H,11H2,1-2H3,(H,19,20)(H,21,22). The number of methoxy groups -OCH3 is 1. The van der Waals surface area contributed by atoms with E-state index in [4.69, 9.17) is 4.74 Å². The largest absolute Gasteiger partial charge is 0.497 e. The van der Waals surface area contributed by atoms with E-state index in [2.05, 4.69) is 5.32 Å². The third-order valence-corrected chi connectivity index (χ3v) is 3.59. The average molecular weight is 313 g/mol. The van der Waals surface area contributed by atoms with Gasteiger partial charge in [0, 0.05) is 12.0 Å². The van der Waals surface area contributed by atoms with Gasteiger partial charge in [-0.05, 0) is 36.2 Å². The first-order chi connectivity index (χ1) is 11.0. The zero-order chi connectivity index (χ0) is 16.8. The van der Waals surface area contributed by atoms with Crippen LogP contribution in [-0.4, -0.2) is 30.1 Å². The number of benzene rings is 2. The average Bonchev–Trinajstić information content (AvgIpc) is 2.55. The molecule has 0 bridgehead atoms. The van der Waals surface area contributed by atoms with Gasteiger partial charge in [0.25, 0.3) is 5.91 Å². The molecule has 0 aliphatic rings. The fraction of sp³-hybridized carbons (Fsp3) is 0.222. The van der Waals surface area contributed by atoms with Crippen molar-refractivity contribution in [3.63, 3.8) is 0 Å². The van der Waals surface area contributed by atoms with Crippen LogP contribution >= 0.6 is 0 Å². The Balaban J connectivity index is 2.11. The van der Waals surface area contributed by atoms with Crippen molar-refractivity contribution < 1.29 is 19.4 Å². The molecule has 0 saturated heterocycles. The van der Waals surface area contributed by atoms with E-state index in [0.29, 0.717) is 11.3 Å². The van der Waals surface area contributed by atoms with E-state index in [1.54, 1.807) is 43.5 Å². The topological polar surface area (TPSA) is 75.6 Å². The molecule has 5 heteroatoms. The summed E-state index contributed by atoms with van der Waals surface area (Å²) in [6.45, 7) is 1.81. The summed E-state index contributed by atoms with van der Waals surface area (Å²) in [7, 11) is 1.57. The lowest BCUT2D eigenvalue weighted by Gasteiger charge is -2.15. The van der Waals surface area contributed by atoms with Gasteiger partial charge >= 0.3 is 5.97 Å². The third kappa shape index (κ3) is 4.32. The summed E-state index contributed by atoms with van der Waals surface area (Å²) in [6.07, 6.45) is 0.205. The maximum absolute atomic E-state index is 12.3. The summed E-state index contributed by atoms with van der Waals surface area (Å²) in [5, 5.41) is 11.9. The van der Waals surface area contributed by atoms with Crippen LogP contribution in [0.4, 0.5) is 0 Å². The fourth-order valence-electron chi connectivity index (χ4n) is 2.26. The molecule has 120 valence electrons. The smallest absolute Gasteiger partial charge is 0.326 e. The van der Waals surface area contributed by atoms with Gasteiger partial charge in [-0.15, -0.1) is 0 Å². The number of carboxylic acid groups (broad SMARTS) is 1. The molecule has 0 aliphatic carbocycles. The lowest BCUT2D eigenvalue weighted by atomic mass is 10.0. The molecule has 1 amide bonds. The van der Waals surface area contributed by atoms with Crippen LogP contribution in [-0.2, 0) is 11.2 Å². The lowest BCUT2D eigenvalue weighted by molar-refractivity contribution is -0.139. The highest BCUT2D eigenvalue weighted by Gasteiger charge is 2.21. The van der Waals surface area contributed by atoms with Crippen LogP contribution in [0.15, 0.2) is 48.5 Å². The van der Waals surface area contributed by atoms with Gasteiger partial charge in [-0.3, -0.25) is 4.79 Å². The van der Waals surface area contributed by atoms with Gasteiger partial charge in [-0.2, -0.15) is 0 Å². The molecule has 0 saturated carbocycles. The molecule has 0 heterocycles. The van der Waals surface area contributed by atoms with Crippen LogP contribution < -0.4 is 10.1 Å². The molecule has 0 aliphatic heterocycles. The molecule has 0 fully saturated rings. The number of carboxylic acids is 1. The van der Waals surface area contributed by atoms with Gasteiger partial charge in [-0.1, -0.05) is 30.3 Å². The Morgan fingerprint density at radius 2 is 1.78 bits per heavy atom. The van der Waals surface area contributed by atoms with E-state index in [1.807, 2.05) is 19.1 Å². The molecular formula is C18H19NO4. The summed E-state index contributed by atoms with van der Waals surface area (Å²) in [4.78, 5) is 23.7. The van der Waals surface area contributed by atoms with Crippen molar-refractivity contribution in [2.24, 2.45) is 0 Å². The van der Waals surface area contributed by atoms with Crippen molar-refractivity contribution in [2.75, 3.05) is 7.11 Å². The second-order valence-corrected chi connectivity index (χ2v) is 5.23. The van der Waals surface area contributed by atoms with Gasteiger partial charge in [0.1, 0.15) is 11.8 Å². The molecule has 2 rings (SSSR count). The summed E-state index contributed by atoms with van der Waals surface area (Å²) >= 11 is 0. The van der Waals surface area contributed by atoms with Crippen molar-refractivity contribution in [3.05, 3.63) is 65.2 Å². The van der Waals surface area contributed by atoms with Crippen molar-refractivity contribution in [2.45, 2.75) is 19.4 Å². The number of aryl methyl sites for hydroxylation is 1. The van der Waals surface area contributed by atoms with Crippen LogP contribution in [0.25, 0.3) is 0 Å². The molecule has 5 nitrogen and oxygen atoms in total. The van der Waals surface area contributed by atoms with Gasteiger partial charge in [-0.25, -0.2) is 4.79 Å². The first kappa shape index (κ1) is 16.5. The maximum atomic E-state index is 12.3. The monoisotopic (exact) mass is 313 g/mol. The number of hydrogen-bond acceptors (Lipinski definition) is 3. The number of carbonyl (C=O) groups is 2. The number of amides is 1. The molecule has 0 radical (unpaired) electrons. The van der Waals surface area contributed by atoms with Gasteiger partial charge in [0.2, 0.25) is 0 Å². The summed E-state index contributed by atoms with van der Waals surface area (Å²) in [5.74, 6) is -0.753. The van der Waals surface area contributed by atoms with Crippen molar-refractivity contribution in [1.82, 2.24) is 5.32 Å². The molecule has 1 unspecified atom stereocenters. The predicted octanol–water partition coefficient (Wildman–Crippen LogP) is 2.43. The minimum atomic E-state index is -1.07. The van der Waals surface area contributed by atoms with Crippen molar-refractivity contribution in [1.29, 1.82) is 0 Å². The molecule has 2 N–H and O–H groups in total. The van der Waals surface area contributed by atoms with E-state index in [1.165, 1.54) is 0 Å². The number of ether oxygens (including phenoxy) is 1. The molecule has 2 aromatic rings. The van der Waals surface area contributed by atoms with E-state index in [9.17, 15) is 14.7 Å². The van der Waals surface area contributed by atoms with E-state index in [0.717, 1.165) is 11.1 Å². The van der Waals surface area contributed by atoms with E-state index in [-0.39, 0.29) is 12.3 Å². The Morgan fingerprint density at radius 3 is 2.35 bits per heavy atom. The Bertz CT molecular complexity index is 694. The molecular weight excluding hydrogens is 294 g/mol.